The van der Waals surface area contributed by atoms with E-state index >= 15 is 0 Å². The van der Waals surface area contributed by atoms with Crippen molar-refractivity contribution in [3.05, 3.63) is 70.8 Å². The van der Waals surface area contributed by atoms with Crippen LogP contribution in [0.1, 0.15) is 35.6 Å². The van der Waals surface area contributed by atoms with Crippen LogP contribution < -0.4 is 0 Å². The molecule has 0 amide bonds. The predicted octanol–water partition coefficient (Wildman–Crippen LogP) is 5.12. The molecule has 0 heteroatoms. The summed E-state index contributed by atoms with van der Waals surface area (Å²) in [6.45, 7) is 4.34. The van der Waals surface area contributed by atoms with Gasteiger partial charge in [0.1, 0.15) is 0 Å². The summed E-state index contributed by atoms with van der Waals surface area (Å²) in [5.74, 6) is 0. The molecule has 2 aromatic carbocycles. The van der Waals surface area contributed by atoms with Gasteiger partial charge in [-0.15, -0.1) is 0 Å². The molecule has 0 N–H and O–H groups in total. The van der Waals surface area contributed by atoms with Gasteiger partial charge in [0.25, 0.3) is 0 Å². The standard InChI is InChI=1S/C18H20/c1-3-6-17-7-4-5-8-18(17)14-13-16-11-9-15(2)10-12-16/h4-5,7-14H,3,6H2,1-2H3. The van der Waals surface area contributed by atoms with Gasteiger partial charge in [0, 0.05) is 0 Å². The molecule has 18 heavy (non-hydrogen) atoms. The molecule has 2 rings (SSSR count). The Morgan fingerprint density at radius 3 is 2.33 bits per heavy atom. The predicted molar refractivity (Wildman–Crippen MR) is 80.5 cm³/mol. The average molecular weight is 236 g/mol. The first-order valence-electron chi connectivity index (χ1n) is 6.62. The van der Waals surface area contributed by atoms with Crippen molar-refractivity contribution in [1.82, 2.24) is 0 Å². The molecule has 92 valence electrons. The van der Waals surface area contributed by atoms with Gasteiger partial charge in [-0.3, -0.25) is 0 Å². The second kappa shape index (κ2) is 6.20. The Balaban J connectivity index is 2.20. The topological polar surface area (TPSA) is 0 Å². The minimum Gasteiger partial charge on any atom is -0.0651 e. The monoisotopic (exact) mass is 236 g/mol. The van der Waals surface area contributed by atoms with Crippen LogP contribution in [0.2, 0.25) is 0 Å². The zero-order chi connectivity index (χ0) is 12.8. The number of aryl methyl sites for hydroxylation is 2. The maximum atomic E-state index is 2.22. The highest BCUT2D eigenvalue weighted by atomic mass is 14.0. The van der Waals surface area contributed by atoms with Crippen molar-refractivity contribution in [3.63, 3.8) is 0 Å². The van der Waals surface area contributed by atoms with E-state index in [0.29, 0.717) is 0 Å². The zero-order valence-electron chi connectivity index (χ0n) is 11.2. The number of benzene rings is 2. The maximum absolute atomic E-state index is 2.22. The van der Waals surface area contributed by atoms with E-state index in [1.54, 1.807) is 0 Å². The number of hydrogen-bond acceptors (Lipinski definition) is 0. The van der Waals surface area contributed by atoms with Crippen LogP contribution in [0.15, 0.2) is 48.5 Å². The van der Waals surface area contributed by atoms with E-state index in [4.69, 9.17) is 0 Å². The molecule has 0 spiro atoms. The van der Waals surface area contributed by atoms with Crippen LogP contribution in [-0.2, 0) is 6.42 Å². The molecule has 0 bridgehead atoms. The van der Waals surface area contributed by atoms with Gasteiger partial charge in [0.15, 0.2) is 0 Å². The van der Waals surface area contributed by atoms with Crippen molar-refractivity contribution in [2.45, 2.75) is 26.7 Å². The Hall–Kier alpha value is -1.82. The van der Waals surface area contributed by atoms with E-state index in [9.17, 15) is 0 Å². The summed E-state index contributed by atoms with van der Waals surface area (Å²) >= 11 is 0. The second-order valence-electron chi connectivity index (χ2n) is 4.69. The molecule has 0 heterocycles. The van der Waals surface area contributed by atoms with Crippen molar-refractivity contribution in [3.8, 4) is 0 Å². The van der Waals surface area contributed by atoms with E-state index in [1.165, 1.54) is 28.7 Å². The number of hydrogen-bond donors (Lipinski definition) is 0. The fourth-order valence-electron chi connectivity index (χ4n) is 2.06. The molecule has 0 fully saturated rings. The highest BCUT2D eigenvalue weighted by Crippen LogP contribution is 2.15. The maximum Gasteiger partial charge on any atom is -0.0224 e. The van der Waals surface area contributed by atoms with Crippen molar-refractivity contribution in [1.29, 1.82) is 0 Å². The molecule has 0 nitrogen and oxygen atoms in total. The lowest BCUT2D eigenvalue weighted by Gasteiger charge is -2.03. The minimum absolute atomic E-state index is 1.15. The third kappa shape index (κ3) is 3.33. The van der Waals surface area contributed by atoms with Crippen LogP contribution in [0.25, 0.3) is 12.2 Å². The van der Waals surface area contributed by atoms with Crippen LogP contribution in [0.4, 0.5) is 0 Å². The zero-order valence-corrected chi connectivity index (χ0v) is 11.2. The van der Waals surface area contributed by atoms with Gasteiger partial charge in [0.2, 0.25) is 0 Å². The quantitative estimate of drug-likeness (QED) is 0.646. The third-order valence-electron chi connectivity index (χ3n) is 3.11. The Bertz CT molecular complexity index is 518. The molecule has 0 saturated carbocycles. The van der Waals surface area contributed by atoms with Gasteiger partial charge in [-0.25, -0.2) is 0 Å². The lowest BCUT2D eigenvalue weighted by molar-refractivity contribution is 0.920. The molecule has 0 radical (unpaired) electrons. The summed E-state index contributed by atoms with van der Waals surface area (Å²) in [4.78, 5) is 0. The van der Waals surface area contributed by atoms with E-state index in [1.807, 2.05) is 0 Å². The Labute approximate surface area is 110 Å². The SMILES string of the molecule is CCCc1ccccc1C=Cc1ccc(C)cc1. The summed E-state index contributed by atoms with van der Waals surface area (Å²) in [6.07, 6.45) is 6.74. The molecule has 2 aromatic rings. The van der Waals surface area contributed by atoms with E-state index in [0.717, 1.165) is 6.42 Å². The first-order valence-corrected chi connectivity index (χ1v) is 6.62. The van der Waals surface area contributed by atoms with Crippen molar-refractivity contribution >= 4 is 12.2 Å². The van der Waals surface area contributed by atoms with Gasteiger partial charge in [-0.05, 0) is 30.0 Å². The molecule has 0 saturated heterocycles. The molecule has 0 aliphatic carbocycles. The molecule has 0 atom stereocenters. The fraction of sp³-hybridized carbons (Fsp3) is 0.222. The molecular weight excluding hydrogens is 216 g/mol. The summed E-state index contributed by atoms with van der Waals surface area (Å²) in [7, 11) is 0. The largest absolute Gasteiger partial charge is 0.0651 e. The van der Waals surface area contributed by atoms with Gasteiger partial charge >= 0.3 is 0 Å². The molecule has 0 aliphatic rings. The molecule has 0 aliphatic heterocycles. The lowest BCUT2D eigenvalue weighted by atomic mass is 10.0. The van der Waals surface area contributed by atoms with Gasteiger partial charge in [-0.2, -0.15) is 0 Å². The van der Waals surface area contributed by atoms with E-state index < -0.39 is 0 Å². The first-order chi connectivity index (χ1) is 8.79. The summed E-state index contributed by atoms with van der Waals surface area (Å²) in [5, 5.41) is 0. The molecule has 0 unspecified atom stereocenters. The summed E-state index contributed by atoms with van der Waals surface area (Å²) < 4.78 is 0. The third-order valence-corrected chi connectivity index (χ3v) is 3.11. The highest BCUT2D eigenvalue weighted by Gasteiger charge is 1.96. The molecular formula is C18H20. The Morgan fingerprint density at radius 1 is 0.889 bits per heavy atom. The lowest BCUT2D eigenvalue weighted by Crippen LogP contribution is -1.87. The smallest absolute Gasteiger partial charge is 0.0224 e. The minimum atomic E-state index is 1.15. The summed E-state index contributed by atoms with van der Waals surface area (Å²) in [6, 6.07) is 17.3. The van der Waals surface area contributed by atoms with Crippen molar-refractivity contribution < 1.29 is 0 Å². The van der Waals surface area contributed by atoms with Crippen molar-refractivity contribution in [2.75, 3.05) is 0 Å². The van der Waals surface area contributed by atoms with Gasteiger partial charge < -0.3 is 0 Å². The van der Waals surface area contributed by atoms with E-state index in [-0.39, 0.29) is 0 Å². The van der Waals surface area contributed by atoms with Crippen molar-refractivity contribution in [2.24, 2.45) is 0 Å². The number of rotatable bonds is 4. The van der Waals surface area contributed by atoms with Crippen LogP contribution in [-0.4, -0.2) is 0 Å². The van der Waals surface area contributed by atoms with Crippen LogP contribution in [0.3, 0.4) is 0 Å². The highest BCUT2D eigenvalue weighted by molar-refractivity contribution is 5.71. The second-order valence-corrected chi connectivity index (χ2v) is 4.69. The fourth-order valence-corrected chi connectivity index (χ4v) is 2.06. The van der Waals surface area contributed by atoms with Gasteiger partial charge in [-0.1, -0.05) is 79.6 Å². The van der Waals surface area contributed by atoms with E-state index in [2.05, 4.69) is 74.5 Å². The average Bonchev–Trinajstić information content (AvgIpc) is 2.40. The normalized spacial score (nSPS) is 11.0. The molecule has 0 aromatic heterocycles. The Morgan fingerprint density at radius 2 is 1.61 bits per heavy atom. The first kappa shape index (κ1) is 12.6. The van der Waals surface area contributed by atoms with Crippen LogP contribution in [0, 0.1) is 6.92 Å². The van der Waals surface area contributed by atoms with Crippen LogP contribution >= 0.6 is 0 Å². The summed E-state index contributed by atoms with van der Waals surface area (Å²) in [5.41, 5.74) is 5.33. The Kier molecular flexibility index (Phi) is 4.35. The van der Waals surface area contributed by atoms with Gasteiger partial charge in [0.05, 0.1) is 0 Å². The van der Waals surface area contributed by atoms with Crippen LogP contribution in [0.5, 0.6) is 0 Å².